The van der Waals surface area contributed by atoms with Gasteiger partial charge in [0.2, 0.25) is 41.4 Å². The molecule has 0 aromatic carbocycles. The van der Waals surface area contributed by atoms with E-state index in [4.69, 9.17) is 53.8 Å². The lowest BCUT2D eigenvalue weighted by molar-refractivity contribution is -0.277. The Morgan fingerprint density at radius 1 is 0.468 bits per heavy atom. The van der Waals surface area contributed by atoms with Crippen molar-refractivity contribution in [1.82, 2.24) is 37.2 Å². The molecular weight excluding hydrogens is 1040 g/mol. The fraction of sp³-hybridized carbons (Fsp3) is 0.804. The molecule has 0 bridgehead atoms. The van der Waals surface area contributed by atoms with Gasteiger partial charge in [-0.3, -0.25) is 47.9 Å². The smallest absolute Gasteiger partial charge is 0.303 e. The maximum absolute atomic E-state index is 12.6. The Balaban J connectivity index is 2.54. The molecule has 1 fully saturated rings. The monoisotopic (exact) mass is 1130 g/mol. The maximum Gasteiger partial charge on any atom is 0.303 e. The molecule has 79 heavy (non-hydrogen) atoms. The molecular formula is C51H90N8O20. The quantitative estimate of drug-likeness (QED) is 0.0178. The highest BCUT2D eigenvalue weighted by Gasteiger charge is 2.51. The van der Waals surface area contributed by atoms with Crippen molar-refractivity contribution in [1.29, 1.82) is 0 Å². The number of carbonyl (C=O) groups excluding carboxylic acids is 10. The first kappa shape index (κ1) is 71.4. The number of hydrogen-bond acceptors (Lipinski definition) is 21. The highest BCUT2D eigenvalue weighted by molar-refractivity contribution is 5.78. The molecule has 28 nitrogen and oxygen atoms in total. The highest BCUT2D eigenvalue weighted by Crippen LogP contribution is 2.28. The van der Waals surface area contributed by atoms with Crippen molar-refractivity contribution in [3.63, 3.8) is 0 Å². The van der Waals surface area contributed by atoms with E-state index >= 15 is 0 Å². The number of nitrogens with one attached hydrogen (secondary N) is 7. The molecule has 0 spiro atoms. The first-order valence-corrected chi connectivity index (χ1v) is 27.1. The van der Waals surface area contributed by atoms with Gasteiger partial charge in [-0.15, -0.1) is 0 Å². The minimum absolute atomic E-state index is 0.000518. The number of hydrogen-bond donors (Lipinski definition) is 10. The summed E-state index contributed by atoms with van der Waals surface area (Å²) >= 11 is 0. The number of carbonyl (C=O) groups is 10. The maximum atomic E-state index is 12.6. The van der Waals surface area contributed by atoms with Crippen molar-refractivity contribution in [2.45, 2.75) is 160 Å². The van der Waals surface area contributed by atoms with E-state index in [0.717, 1.165) is 13.8 Å². The summed E-state index contributed by atoms with van der Waals surface area (Å²) in [6.07, 6.45) is 0.574. The molecule has 0 aromatic rings. The average Bonchev–Trinajstić information content (AvgIpc) is 3.42. The summed E-state index contributed by atoms with van der Waals surface area (Å²) in [4.78, 5) is 121. The number of amides is 7. The van der Waals surface area contributed by atoms with E-state index in [0.29, 0.717) is 96.8 Å². The number of rotatable bonds is 46. The summed E-state index contributed by atoms with van der Waals surface area (Å²) < 4.78 is 45.1. The molecule has 1 saturated heterocycles. The summed E-state index contributed by atoms with van der Waals surface area (Å²) in [6.45, 7) is 6.25. The SMILES string of the molecule is CC(=O)NC1C(OCCCCC(=O)NCCCNC(=O)CCOCC(N)(COCCC(=O)NCCCNC(=O)CCCCO)COCCC(=O)NCCCNC(=O)CCCCO)OC(COC(C)=O)C(OC(C)=O)C1OC(C)=O. The molecule has 0 aliphatic carbocycles. The van der Waals surface area contributed by atoms with E-state index in [9.17, 15) is 47.9 Å². The predicted octanol–water partition coefficient (Wildman–Crippen LogP) is -2.06. The lowest BCUT2D eigenvalue weighted by Crippen LogP contribution is -2.66. The van der Waals surface area contributed by atoms with Crippen LogP contribution in [-0.2, 0) is 85.8 Å². The third-order valence-electron chi connectivity index (χ3n) is 11.4. The lowest BCUT2D eigenvalue weighted by atomic mass is 9.96. The van der Waals surface area contributed by atoms with Crippen molar-refractivity contribution in [2.75, 3.05) is 105 Å². The zero-order valence-electron chi connectivity index (χ0n) is 46.6. The molecule has 11 N–H and O–H groups in total. The molecule has 0 radical (unpaired) electrons. The van der Waals surface area contributed by atoms with Crippen LogP contribution in [0.2, 0.25) is 0 Å². The molecule has 28 heteroatoms. The Kier molecular flexibility index (Phi) is 39.9. The molecule has 0 aromatic heterocycles. The van der Waals surface area contributed by atoms with Gasteiger partial charge in [0.05, 0.1) is 45.2 Å². The van der Waals surface area contributed by atoms with E-state index in [-0.39, 0.29) is 140 Å². The van der Waals surface area contributed by atoms with Gasteiger partial charge in [0.1, 0.15) is 18.8 Å². The van der Waals surface area contributed by atoms with Crippen LogP contribution in [0.4, 0.5) is 0 Å². The van der Waals surface area contributed by atoms with E-state index in [1.54, 1.807) is 0 Å². The Bertz CT molecular complexity index is 1780. The van der Waals surface area contributed by atoms with Crippen LogP contribution < -0.4 is 43.0 Å². The van der Waals surface area contributed by atoms with Gasteiger partial charge in [-0.25, -0.2) is 0 Å². The summed E-state index contributed by atoms with van der Waals surface area (Å²) in [5.41, 5.74) is 5.41. The summed E-state index contributed by atoms with van der Waals surface area (Å²) in [7, 11) is 0. The third-order valence-corrected chi connectivity index (χ3v) is 11.4. The van der Waals surface area contributed by atoms with Gasteiger partial charge < -0.3 is 91.1 Å². The van der Waals surface area contributed by atoms with Gasteiger partial charge in [0.15, 0.2) is 18.5 Å². The minimum atomic E-state index is -1.26. The van der Waals surface area contributed by atoms with Crippen molar-refractivity contribution < 1.29 is 96.1 Å². The Morgan fingerprint density at radius 2 is 0.835 bits per heavy atom. The lowest BCUT2D eigenvalue weighted by Gasteiger charge is -2.44. The standard InChI is InChI=1S/C51H90N8O20/c1-36(62)59-47-49(78-39(4)65)48(77-38(3)64)40(32-76-37(2)63)79-50(47)75-28-10-7-16-43(68)55-22-13-25-58-46(71)19-31-74-35-51(52,33-72-29-17-44(69)56-23-11-20-53-41(66)14-5-8-26-60)34-73-30-18-45(70)57-24-12-21-54-42(67)15-6-9-27-61/h40,47-50,60-61H,5-35,52H2,1-4H3,(H,53,66)(H,54,67)(H,55,68)(H,56,69)(H,57,70)(H,58,71)(H,59,62). The Hall–Kier alpha value is -5.62. The molecule has 1 rings (SSSR count). The van der Waals surface area contributed by atoms with Crippen LogP contribution in [0.25, 0.3) is 0 Å². The van der Waals surface area contributed by atoms with Crippen LogP contribution in [0.1, 0.15) is 124 Å². The number of unbranched alkanes of at least 4 members (excludes halogenated alkanes) is 3. The van der Waals surface area contributed by atoms with Gasteiger partial charge in [0, 0.05) is 125 Å². The van der Waals surface area contributed by atoms with Crippen LogP contribution in [0.3, 0.4) is 0 Å². The third kappa shape index (κ3) is 37.8. The van der Waals surface area contributed by atoms with Gasteiger partial charge in [-0.05, 0) is 57.8 Å². The second kappa shape index (κ2) is 44.2. The molecule has 1 aliphatic rings. The predicted molar refractivity (Wildman–Crippen MR) is 281 cm³/mol. The normalized spacial score (nSPS) is 16.9. The largest absolute Gasteiger partial charge is 0.463 e. The highest BCUT2D eigenvalue weighted by atomic mass is 16.7. The van der Waals surface area contributed by atoms with E-state index in [1.807, 2.05) is 0 Å². The zero-order valence-corrected chi connectivity index (χ0v) is 46.6. The molecule has 5 unspecified atom stereocenters. The minimum Gasteiger partial charge on any atom is -0.463 e. The zero-order chi connectivity index (χ0) is 58.7. The van der Waals surface area contributed by atoms with Crippen LogP contribution in [0, 0.1) is 0 Å². The number of esters is 3. The fourth-order valence-corrected chi connectivity index (χ4v) is 7.42. The van der Waals surface area contributed by atoms with E-state index < -0.39 is 60.0 Å². The second-order valence-electron chi connectivity index (χ2n) is 18.8. The summed E-state index contributed by atoms with van der Waals surface area (Å²) in [6, 6.07) is -1.11. The summed E-state index contributed by atoms with van der Waals surface area (Å²) in [5, 5.41) is 36.9. The van der Waals surface area contributed by atoms with Crippen molar-refractivity contribution in [3.8, 4) is 0 Å². The topological polar surface area (TPSA) is 395 Å². The fourth-order valence-electron chi connectivity index (χ4n) is 7.42. The molecule has 1 heterocycles. The number of nitrogens with two attached hydrogens (primary N) is 1. The van der Waals surface area contributed by atoms with Gasteiger partial charge in [-0.2, -0.15) is 0 Å². The molecule has 7 amide bonds. The van der Waals surface area contributed by atoms with Crippen molar-refractivity contribution in [3.05, 3.63) is 0 Å². The van der Waals surface area contributed by atoms with Crippen LogP contribution in [0.5, 0.6) is 0 Å². The van der Waals surface area contributed by atoms with Gasteiger partial charge in [-0.1, -0.05) is 0 Å². The number of aliphatic hydroxyl groups is 2. The second-order valence-corrected chi connectivity index (χ2v) is 18.8. The van der Waals surface area contributed by atoms with Crippen LogP contribution in [-0.4, -0.2) is 211 Å². The van der Waals surface area contributed by atoms with Crippen LogP contribution >= 0.6 is 0 Å². The Labute approximate surface area is 462 Å². The number of aliphatic hydroxyl groups excluding tert-OH is 2. The molecule has 1 aliphatic heterocycles. The van der Waals surface area contributed by atoms with Crippen molar-refractivity contribution in [2.24, 2.45) is 5.73 Å². The molecule has 0 saturated carbocycles. The van der Waals surface area contributed by atoms with E-state index in [2.05, 4.69) is 37.2 Å². The van der Waals surface area contributed by atoms with E-state index in [1.165, 1.54) is 13.8 Å². The first-order chi connectivity index (χ1) is 37.8. The number of ether oxygens (including phenoxy) is 8. The Morgan fingerprint density at radius 3 is 1.19 bits per heavy atom. The van der Waals surface area contributed by atoms with Crippen molar-refractivity contribution >= 4 is 59.3 Å². The van der Waals surface area contributed by atoms with Gasteiger partial charge >= 0.3 is 17.9 Å². The summed E-state index contributed by atoms with van der Waals surface area (Å²) in [5.74, 6) is -3.93. The first-order valence-electron chi connectivity index (χ1n) is 27.1. The van der Waals surface area contributed by atoms with Gasteiger partial charge in [0.25, 0.3) is 0 Å². The molecule has 5 atom stereocenters. The van der Waals surface area contributed by atoms with Crippen LogP contribution in [0.15, 0.2) is 0 Å². The average molecular weight is 1140 g/mol. The molecule has 454 valence electrons.